The van der Waals surface area contributed by atoms with Crippen molar-refractivity contribution in [2.45, 2.75) is 32.1 Å². The molecule has 4 heterocycles. The molecule has 1 amide bonds. The predicted octanol–water partition coefficient (Wildman–Crippen LogP) is 3.36. The summed E-state index contributed by atoms with van der Waals surface area (Å²) in [6, 6.07) is 8.22. The number of ether oxygens (including phenoxy) is 1. The van der Waals surface area contributed by atoms with Gasteiger partial charge >= 0.3 is 0 Å². The molecule has 0 N–H and O–H groups in total. The van der Waals surface area contributed by atoms with Crippen molar-refractivity contribution in [2.24, 2.45) is 0 Å². The van der Waals surface area contributed by atoms with Crippen LogP contribution in [-0.4, -0.2) is 65.2 Å². The van der Waals surface area contributed by atoms with Crippen molar-refractivity contribution < 1.29 is 18.3 Å². The number of amides is 1. The molecule has 1 unspecified atom stereocenters. The number of carbonyl (C=O) groups is 1. The summed E-state index contributed by atoms with van der Waals surface area (Å²) in [7, 11) is 0. The van der Waals surface area contributed by atoms with Gasteiger partial charge in [0.1, 0.15) is 17.3 Å². The highest BCUT2D eigenvalue weighted by Gasteiger charge is 2.30. The van der Waals surface area contributed by atoms with Crippen molar-refractivity contribution >= 4 is 11.9 Å². The van der Waals surface area contributed by atoms with Gasteiger partial charge in [0.25, 0.3) is 5.91 Å². The molecule has 2 fully saturated rings. The van der Waals surface area contributed by atoms with Crippen LogP contribution in [0.1, 0.15) is 52.2 Å². The summed E-state index contributed by atoms with van der Waals surface area (Å²) >= 11 is 0. The van der Waals surface area contributed by atoms with Crippen LogP contribution >= 0.6 is 0 Å². The van der Waals surface area contributed by atoms with Gasteiger partial charge in [-0.1, -0.05) is 12.1 Å². The van der Waals surface area contributed by atoms with Crippen molar-refractivity contribution in [1.82, 2.24) is 19.9 Å². The number of hydrogen-bond acceptors (Lipinski definition) is 7. The second kappa shape index (κ2) is 9.89. The van der Waals surface area contributed by atoms with Gasteiger partial charge in [0.15, 0.2) is 5.89 Å². The zero-order chi connectivity index (χ0) is 23.5. The van der Waals surface area contributed by atoms with Crippen LogP contribution in [0.4, 0.5) is 10.3 Å². The largest absolute Gasteiger partial charge is 0.445 e. The van der Waals surface area contributed by atoms with Crippen LogP contribution in [0.2, 0.25) is 0 Å². The quantitative estimate of drug-likeness (QED) is 0.571. The molecule has 0 radical (unpaired) electrons. The second-order valence-electron chi connectivity index (χ2n) is 8.86. The molecule has 2 aliphatic heterocycles. The molecule has 0 saturated carbocycles. The monoisotopic (exact) mass is 465 g/mol. The Bertz CT molecular complexity index is 1160. The lowest BCUT2D eigenvalue weighted by Crippen LogP contribution is -2.40. The molecule has 34 heavy (non-hydrogen) atoms. The first-order valence-electron chi connectivity index (χ1n) is 11.7. The normalized spacial score (nSPS) is 18.8. The zero-order valence-corrected chi connectivity index (χ0v) is 19.2. The summed E-state index contributed by atoms with van der Waals surface area (Å²) < 4.78 is 24.9. The lowest BCUT2D eigenvalue weighted by Gasteiger charge is -2.31. The summed E-state index contributed by atoms with van der Waals surface area (Å²) in [6.07, 6.45) is 3.93. The molecular weight excluding hydrogens is 437 g/mol. The SMILES string of the molecule is Cc1cc(C(=O)N2CCCC(c3ncc(Cc4cccc(F)c4)o3)C2)nc(N2CCOCC2)n1. The molecule has 8 nitrogen and oxygen atoms in total. The fraction of sp³-hybridized carbons (Fsp3) is 0.440. The topological polar surface area (TPSA) is 84.6 Å². The highest BCUT2D eigenvalue weighted by molar-refractivity contribution is 5.92. The van der Waals surface area contributed by atoms with E-state index < -0.39 is 0 Å². The van der Waals surface area contributed by atoms with Gasteiger partial charge in [-0.05, 0) is 43.5 Å². The van der Waals surface area contributed by atoms with Crippen LogP contribution in [0.3, 0.4) is 0 Å². The Hall–Kier alpha value is -3.33. The van der Waals surface area contributed by atoms with E-state index in [1.54, 1.807) is 18.3 Å². The lowest BCUT2D eigenvalue weighted by atomic mass is 9.97. The Kier molecular flexibility index (Phi) is 6.53. The van der Waals surface area contributed by atoms with Gasteiger partial charge in [-0.15, -0.1) is 0 Å². The van der Waals surface area contributed by atoms with Crippen LogP contribution in [0, 0.1) is 12.7 Å². The molecule has 0 bridgehead atoms. The van der Waals surface area contributed by atoms with Crippen molar-refractivity contribution in [1.29, 1.82) is 0 Å². The molecule has 5 rings (SSSR count). The van der Waals surface area contributed by atoms with Crippen LogP contribution in [0.15, 0.2) is 40.9 Å². The van der Waals surface area contributed by atoms with Gasteiger partial charge < -0.3 is 19.0 Å². The number of aryl methyl sites for hydroxylation is 1. The van der Waals surface area contributed by atoms with Gasteiger partial charge in [0.05, 0.1) is 25.3 Å². The number of benzene rings is 1. The van der Waals surface area contributed by atoms with Crippen LogP contribution in [-0.2, 0) is 11.2 Å². The molecule has 178 valence electrons. The van der Waals surface area contributed by atoms with Gasteiger partial charge in [-0.3, -0.25) is 4.79 Å². The van der Waals surface area contributed by atoms with Gasteiger partial charge in [0.2, 0.25) is 5.95 Å². The van der Waals surface area contributed by atoms with Crippen molar-refractivity contribution in [3.05, 3.63) is 70.9 Å². The first-order valence-corrected chi connectivity index (χ1v) is 11.7. The molecule has 2 saturated heterocycles. The van der Waals surface area contributed by atoms with E-state index in [9.17, 15) is 9.18 Å². The number of oxazole rings is 1. The van der Waals surface area contributed by atoms with E-state index in [0.717, 1.165) is 24.1 Å². The number of likely N-dealkylation sites (tertiary alicyclic amines) is 1. The second-order valence-corrected chi connectivity index (χ2v) is 8.86. The number of aromatic nitrogens is 3. The van der Waals surface area contributed by atoms with Gasteiger partial charge in [-0.25, -0.2) is 19.3 Å². The van der Waals surface area contributed by atoms with Crippen LogP contribution in [0.25, 0.3) is 0 Å². The zero-order valence-electron chi connectivity index (χ0n) is 19.2. The number of halogens is 1. The van der Waals surface area contributed by atoms with Gasteiger partial charge in [0, 0.05) is 38.3 Å². The number of morpholine rings is 1. The van der Waals surface area contributed by atoms with E-state index in [1.807, 2.05) is 17.9 Å². The molecular formula is C25H28FN5O3. The van der Waals surface area contributed by atoms with Gasteiger partial charge in [-0.2, -0.15) is 0 Å². The molecule has 2 aliphatic rings. The summed E-state index contributed by atoms with van der Waals surface area (Å²) in [5, 5.41) is 0. The average Bonchev–Trinajstić information content (AvgIpc) is 3.32. The minimum absolute atomic E-state index is 0.0145. The van der Waals surface area contributed by atoms with Crippen molar-refractivity contribution in [3.63, 3.8) is 0 Å². The number of hydrogen-bond donors (Lipinski definition) is 0. The van der Waals surface area contributed by atoms with E-state index in [-0.39, 0.29) is 17.6 Å². The lowest BCUT2D eigenvalue weighted by molar-refractivity contribution is 0.0691. The molecule has 1 atom stereocenters. The van der Waals surface area contributed by atoms with E-state index in [4.69, 9.17) is 9.15 Å². The van der Waals surface area contributed by atoms with Crippen LogP contribution < -0.4 is 4.90 Å². The highest BCUT2D eigenvalue weighted by Crippen LogP contribution is 2.28. The molecule has 9 heteroatoms. The molecule has 1 aromatic carbocycles. The smallest absolute Gasteiger partial charge is 0.272 e. The first kappa shape index (κ1) is 22.5. The summed E-state index contributed by atoms with van der Waals surface area (Å²) in [5.74, 6) is 1.53. The maximum Gasteiger partial charge on any atom is 0.272 e. The van der Waals surface area contributed by atoms with E-state index >= 15 is 0 Å². The minimum atomic E-state index is -0.268. The predicted molar refractivity (Wildman–Crippen MR) is 123 cm³/mol. The van der Waals surface area contributed by atoms with E-state index in [2.05, 4.69) is 19.9 Å². The minimum Gasteiger partial charge on any atom is -0.445 e. The van der Waals surface area contributed by atoms with E-state index in [0.29, 0.717) is 69.1 Å². The van der Waals surface area contributed by atoms with E-state index in [1.165, 1.54) is 12.1 Å². The Morgan fingerprint density at radius 1 is 1.18 bits per heavy atom. The Labute approximate surface area is 197 Å². The summed E-state index contributed by atoms with van der Waals surface area (Å²) in [5.41, 5.74) is 2.01. The Morgan fingerprint density at radius 3 is 2.85 bits per heavy atom. The third-order valence-corrected chi connectivity index (χ3v) is 6.25. The fourth-order valence-electron chi connectivity index (χ4n) is 4.53. The molecule has 3 aromatic rings. The summed E-state index contributed by atoms with van der Waals surface area (Å²) in [6.45, 7) is 5.76. The Balaban J connectivity index is 1.28. The maximum atomic E-state index is 13.5. The van der Waals surface area contributed by atoms with Crippen molar-refractivity contribution in [2.75, 3.05) is 44.3 Å². The third kappa shape index (κ3) is 5.09. The molecule has 0 aliphatic carbocycles. The number of carbonyl (C=O) groups excluding carboxylic acids is 1. The number of anilines is 1. The van der Waals surface area contributed by atoms with Crippen LogP contribution in [0.5, 0.6) is 0 Å². The highest BCUT2D eigenvalue weighted by atomic mass is 19.1. The Morgan fingerprint density at radius 2 is 2.03 bits per heavy atom. The third-order valence-electron chi connectivity index (χ3n) is 6.25. The first-order chi connectivity index (χ1) is 16.5. The number of rotatable bonds is 5. The molecule has 2 aromatic heterocycles. The van der Waals surface area contributed by atoms with Crippen molar-refractivity contribution in [3.8, 4) is 0 Å². The number of nitrogens with zero attached hydrogens (tertiary/aromatic N) is 5. The number of piperidine rings is 1. The summed E-state index contributed by atoms with van der Waals surface area (Å²) in [4.78, 5) is 30.8. The standard InChI is InChI=1S/C25H28FN5O3/c1-17-12-22(29-25(28-17)30-8-10-33-11-9-30)24(32)31-7-3-5-19(16-31)23-27-15-21(34-23)14-18-4-2-6-20(26)13-18/h2,4,6,12-13,15,19H,3,5,7-11,14,16H2,1H3. The maximum absolute atomic E-state index is 13.5. The molecule has 0 spiro atoms. The fourth-order valence-corrected chi connectivity index (χ4v) is 4.53. The average molecular weight is 466 g/mol.